The number of aliphatic hydroxyl groups is 5. The number of anilines is 1. The first-order chi connectivity index (χ1) is 38.6. The zero-order valence-electron chi connectivity index (χ0n) is 48.6. The van der Waals surface area contributed by atoms with E-state index >= 15 is 0 Å². The number of likely N-dealkylation sites (N-methyl/N-ethyl adjacent to an activating group) is 3. The summed E-state index contributed by atoms with van der Waals surface area (Å²) in [6.07, 6.45) is -0.719. The molecule has 2 aromatic carbocycles. The fourth-order valence-electron chi connectivity index (χ4n) is 11.6. The van der Waals surface area contributed by atoms with E-state index in [9.17, 15) is 60.0 Å². The van der Waals surface area contributed by atoms with Crippen molar-refractivity contribution in [2.45, 2.75) is 154 Å². The Morgan fingerprint density at radius 2 is 1.50 bits per heavy atom. The number of ether oxygens (including phenoxy) is 7. The summed E-state index contributed by atoms with van der Waals surface area (Å²) < 4.78 is 40.4. The third-order valence-corrected chi connectivity index (χ3v) is 16.8. The zero-order chi connectivity index (χ0) is 60.6. The SMILES string of the molecule is CN[C@@H]1[C@H](O)[C@H](NC)[C@H]2O[C@@]3(O)C(=O)C[C@@H](C)O[C@H]3O[C@@H]2[C@H]1O.CO[C@H]1/C=C/O[C@@]2(C)Oc3c(C)c(O)c4c(O)c(c(/C=N/N5CCN(C)CC5)c(O)c4c3C2=O)NC(=O)/C(C)=C\C=C\[C@H](C)[C@H](O)[C@@H](C)[C@@H](O)[C@@H](C)[C@H](OC(C)=O)[C@@H]1C. The largest absolute Gasteiger partial charge is 0.507 e. The Kier molecular flexibility index (Phi) is 19.9. The van der Waals surface area contributed by atoms with Gasteiger partial charge in [-0.2, -0.15) is 5.10 Å². The van der Waals surface area contributed by atoms with Gasteiger partial charge in [0.25, 0.3) is 17.5 Å². The molecule has 3 saturated heterocycles. The van der Waals surface area contributed by atoms with Gasteiger partial charge >= 0.3 is 11.8 Å². The first kappa shape index (κ1) is 63.8. The van der Waals surface area contributed by atoms with Crippen LogP contribution in [0.25, 0.3) is 10.8 Å². The summed E-state index contributed by atoms with van der Waals surface area (Å²) in [4.78, 5) is 54.8. The molecule has 82 heavy (non-hydrogen) atoms. The number of fused-ring (bicyclic) bond motifs is 16. The Balaban J connectivity index is 0.000000348. The number of aromatic hydroxyl groups is 3. The number of rotatable bonds is 6. The number of hydrazone groups is 1. The predicted molar refractivity (Wildman–Crippen MR) is 297 cm³/mol. The summed E-state index contributed by atoms with van der Waals surface area (Å²) in [7, 11) is 6.66. The van der Waals surface area contributed by atoms with Crippen molar-refractivity contribution in [3.05, 3.63) is 52.8 Å². The lowest BCUT2D eigenvalue weighted by molar-refractivity contribution is -0.420. The number of phenols is 3. The maximum atomic E-state index is 14.4. The van der Waals surface area contributed by atoms with E-state index in [0.29, 0.717) is 13.1 Å². The van der Waals surface area contributed by atoms with Gasteiger partial charge in [0.15, 0.2) is 11.5 Å². The van der Waals surface area contributed by atoms with Crippen LogP contribution in [0.2, 0.25) is 0 Å². The molecule has 25 heteroatoms. The molecule has 1 saturated carbocycles. The maximum absolute atomic E-state index is 14.4. The predicted octanol–water partition coefficient (Wildman–Crippen LogP) is 1.41. The number of phenolic OH excluding ortho intramolecular Hbond substituents is 3. The highest BCUT2D eigenvalue weighted by molar-refractivity contribution is 6.24. The van der Waals surface area contributed by atoms with Crippen LogP contribution in [0.3, 0.4) is 0 Å². The lowest BCUT2D eigenvalue weighted by Crippen LogP contribution is -2.77. The average molecular weight is 1160 g/mol. The standard InChI is InChI=1S/C43H58N4O12.C14H24N2O7/c1-21-12-11-13-22(2)42(55)45-33-28(20-44-47-17-15-46(9)16-18-47)37(52)30-31(38(33)53)36(51)26(6)40-32(30)41(54)43(8,59-40)57-19-14-29(56-10)23(3)39(58-27(7)48)25(5)35(50)24(4)34(21)49;1-5-4-6(17)14(20)13(21-5)22-12-10(19)7(15-2)9(18)8(16-3)11(12)23-14/h11-14,19-21,23-25,29,34-35,39,49-53H,15-18H2,1-10H3,(H,45,55);5,7-13,15-16,18-20H,4H2,1-3H3/b12-11+,19-14+,22-13-,44-20+;/t21-,23+,24+,25+,29-,34-,35+,39+,43-;5-,7-,8+,9+,10+,11-,12-,13+,14+/m01/s1. The highest BCUT2D eigenvalue weighted by atomic mass is 16.8. The number of nitrogens with one attached hydrogen (secondary N) is 3. The maximum Gasteiger partial charge on any atom is 0.312 e. The van der Waals surface area contributed by atoms with Crippen molar-refractivity contribution in [1.29, 1.82) is 0 Å². The van der Waals surface area contributed by atoms with Crippen LogP contribution in [0.4, 0.5) is 5.69 Å². The molecule has 0 radical (unpaired) electrons. The van der Waals surface area contributed by atoms with Gasteiger partial charge in [-0.25, -0.2) is 0 Å². The molecule has 0 spiro atoms. The molecule has 25 nitrogen and oxygen atoms in total. The number of carbonyl (C=O) groups is 4. The van der Waals surface area contributed by atoms with Crippen LogP contribution in [0, 0.1) is 30.6 Å². The third-order valence-electron chi connectivity index (χ3n) is 16.8. The molecule has 454 valence electrons. The van der Waals surface area contributed by atoms with E-state index in [0.717, 1.165) is 13.1 Å². The van der Waals surface area contributed by atoms with Crippen LogP contribution >= 0.6 is 0 Å². The van der Waals surface area contributed by atoms with E-state index in [1.165, 1.54) is 59.4 Å². The lowest BCUT2D eigenvalue weighted by Gasteiger charge is -2.55. The number of hydrogen-bond donors (Lipinski definition) is 11. The Morgan fingerprint density at radius 3 is 2.12 bits per heavy atom. The Morgan fingerprint density at radius 1 is 0.841 bits per heavy atom. The van der Waals surface area contributed by atoms with Crippen molar-refractivity contribution >= 4 is 46.1 Å². The van der Waals surface area contributed by atoms with Crippen molar-refractivity contribution in [1.82, 2.24) is 20.5 Å². The van der Waals surface area contributed by atoms with E-state index in [1.54, 1.807) is 65.9 Å². The van der Waals surface area contributed by atoms with Crippen molar-refractivity contribution in [2.75, 3.05) is 59.7 Å². The second kappa shape index (κ2) is 25.6. The molecule has 1 aliphatic carbocycles. The Labute approximate surface area is 476 Å². The molecular weight excluding hydrogens is 1070 g/mol. The van der Waals surface area contributed by atoms with Gasteiger partial charge in [-0.1, -0.05) is 45.9 Å². The summed E-state index contributed by atoms with van der Waals surface area (Å²) in [5.41, 5.74) is -0.350. The van der Waals surface area contributed by atoms with Crippen LogP contribution in [0.5, 0.6) is 23.0 Å². The number of methoxy groups -OCH3 is 1. The summed E-state index contributed by atoms with van der Waals surface area (Å²) in [6, 6.07) is -1.29. The number of aliphatic hydroxyl groups excluding tert-OH is 4. The zero-order valence-corrected chi connectivity index (χ0v) is 48.6. The number of hydrogen-bond acceptors (Lipinski definition) is 24. The van der Waals surface area contributed by atoms with E-state index in [2.05, 4.69) is 26.0 Å². The number of amides is 1. The lowest BCUT2D eigenvalue weighted by atomic mass is 9.78. The van der Waals surface area contributed by atoms with Crippen LogP contribution in [0.1, 0.15) is 83.3 Å². The smallest absolute Gasteiger partial charge is 0.312 e. The molecule has 6 heterocycles. The number of Topliss-reactive ketones (excluding diaryl/α,β-unsaturated/α-hetero) is 2. The van der Waals surface area contributed by atoms with E-state index < -0.39 is 149 Å². The van der Waals surface area contributed by atoms with E-state index in [-0.39, 0.29) is 50.9 Å². The number of piperazine rings is 1. The first-order valence-corrected chi connectivity index (χ1v) is 27.6. The molecule has 4 fully saturated rings. The molecule has 5 bridgehead atoms. The quantitative estimate of drug-likeness (QED) is 0.0843. The summed E-state index contributed by atoms with van der Waals surface area (Å²) in [6.45, 7) is 16.8. The van der Waals surface area contributed by atoms with Crippen LogP contribution in [0.15, 0.2) is 41.2 Å². The van der Waals surface area contributed by atoms with Crippen molar-refractivity contribution in [3.8, 4) is 23.0 Å². The summed E-state index contributed by atoms with van der Waals surface area (Å²) in [5, 5.41) is 104. The normalized spacial score (nSPS) is 38.1. The van der Waals surface area contributed by atoms with Gasteiger partial charge in [0, 0.05) is 93.8 Å². The molecule has 7 aliphatic rings. The van der Waals surface area contributed by atoms with Gasteiger partial charge < -0.3 is 94.9 Å². The molecule has 0 unspecified atom stereocenters. The fraction of sp³-hybridized carbons (Fsp3) is 0.632. The minimum Gasteiger partial charge on any atom is -0.507 e. The third kappa shape index (κ3) is 12.2. The van der Waals surface area contributed by atoms with Crippen molar-refractivity contribution in [2.24, 2.45) is 28.8 Å². The highest BCUT2D eigenvalue weighted by Crippen LogP contribution is 2.55. The van der Waals surface area contributed by atoms with Crippen LogP contribution < -0.4 is 20.7 Å². The first-order valence-electron chi connectivity index (χ1n) is 27.6. The minimum atomic E-state index is -2.23. The number of ketones is 2. The number of carbonyl (C=O) groups excluding carboxylic acids is 4. The summed E-state index contributed by atoms with van der Waals surface area (Å²) >= 11 is 0. The van der Waals surface area contributed by atoms with Gasteiger partial charge in [-0.05, 0) is 48.0 Å². The monoisotopic (exact) mass is 1150 g/mol. The topological polar surface area (TPSA) is 350 Å². The fourth-order valence-corrected chi connectivity index (χ4v) is 11.6. The Bertz CT molecular complexity index is 2840. The van der Waals surface area contributed by atoms with Gasteiger partial charge in [0.05, 0.1) is 77.3 Å². The number of allylic oxidation sites excluding steroid dienone is 2. The van der Waals surface area contributed by atoms with Gasteiger partial charge in [-0.15, -0.1) is 0 Å². The molecule has 1 amide bonds. The number of nitrogens with zero attached hydrogens (tertiary/aromatic N) is 3. The molecule has 6 aliphatic heterocycles. The molecular formula is C57H82N6O19. The molecule has 2 aromatic rings. The van der Waals surface area contributed by atoms with Crippen molar-refractivity contribution < 1.29 is 93.2 Å². The molecule has 18 atom stereocenters. The minimum absolute atomic E-state index is 0.00220. The van der Waals surface area contributed by atoms with E-state index in [4.69, 9.17) is 33.2 Å². The highest BCUT2D eigenvalue weighted by Gasteiger charge is 2.63. The second-order valence-electron chi connectivity index (χ2n) is 22.5. The van der Waals surface area contributed by atoms with Crippen LogP contribution in [-0.4, -0.2) is 220 Å². The summed E-state index contributed by atoms with van der Waals surface area (Å²) in [5.74, 6) is -11.1. The van der Waals surface area contributed by atoms with Crippen molar-refractivity contribution in [3.63, 3.8) is 0 Å². The average Bonchev–Trinajstić information content (AvgIpc) is 1.63. The number of esters is 1. The van der Waals surface area contributed by atoms with Gasteiger partial charge in [0.1, 0.15) is 41.7 Å². The van der Waals surface area contributed by atoms with Gasteiger partial charge in [-0.3, -0.25) is 24.2 Å². The molecule has 0 aromatic heterocycles. The molecule has 11 N–H and O–H groups in total. The van der Waals surface area contributed by atoms with Crippen LogP contribution in [-0.2, 0) is 42.8 Å². The van der Waals surface area contributed by atoms with E-state index in [1.807, 2.05) is 7.05 Å². The number of benzene rings is 2. The van der Waals surface area contributed by atoms with Gasteiger partial charge in [0.2, 0.25) is 6.29 Å². The molecule has 9 rings (SSSR count). The second-order valence-corrected chi connectivity index (χ2v) is 22.5. The Hall–Kier alpha value is -5.81.